The molecule has 0 spiro atoms. The van der Waals surface area contributed by atoms with Crippen molar-refractivity contribution in [2.75, 3.05) is 13.2 Å². The largest absolute Gasteiger partial charge is 0.347 e. The van der Waals surface area contributed by atoms with Crippen molar-refractivity contribution < 1.29 is 9.47 Å². The van der Waals surface area contributed by atoms with Gasteiger partial charge in [0, 0.05) is 5.92 Å². The Balaban J connectivity index is 2.58. The summed E-state index contributed by atoms with van der Waals surface area (Å²) in [5, 5.41) is 0. The molecule has 1 aliphatic rings. The molecule has 11 heavy (non-hydrogen) atoms. The van der Waals surface area contributed by atoms with Crippen molar-refractivity contribution >= 4 is 0 Å². The van der Waals surface area contributed by atoms with Crippen LogP contribution in [0.2, 0.25) is 0 Å². The van der Waals surface area contributed by atoms with Gasteiger partial charge in [0.1, 0.15) is 0 Å². The molecular weight excluding hydrogens is 140 g/mol. The second-order valence-electron chi connectivity index (χ2n) is 3.17. The first-order valence-corrected chi connectivity index (χ1v) is 4.53. The predicted molar refractivity (Wildman–Crippen MR) is 44.4 cm³/mol. The minimum atomic E-state index is -0.255. The number of hydrogen-bond acceptors (Lipinski definition) is 2. The zero-order chi connectivity index (χ0) is 8.32. The molecule has 0 aliphatic carbocycles. The highest BCUT2D eigenvalue weighted by Crippen LogP contribution is 2.32. The van der Waals surface area contributed by atoms with E-state index in [2.05, 4.69) is 20.8 Å². The summed E-state index contributed by atoms with van der Waals surface area (Å²) in [5.74, 6) is 0.254. The fourth-order valence-electron chi connectivity index (χ4n) is 1.62. The fraction of sp³-hybridized carbons (Fsp3) is 1.00. The van der Waals surface area contributed by atoms with Gasteiger partial charge in [0.05, 0.1) is 13.2 Å². The number of hydrogen-bond donors (Lipinski definition) is 0. The molecule has 0 aromatic rings. The van der Waals surface area contributed by atoms with Crippen LogP contribution in [0.5, 0.6) is 0 Å². The van der Waals surface area contributed by atoms with Crippen molar-refractivity contribution in [1.82, 2.24) is 0 Å². The quantitative estimate of drug-likeness (QED) is 0.626. The van der Waals surface area contributed by atoms with Crippen LogP contribution in [0, 0.1) is 5.92 Å². The van der Waals surface area contributed by atoms with Gasteiger partial charge in [0.2, 0.25) is 0 Å². The van der Waals surface area contributed by atoms with E-state index in [1.165, 1.54) is 0 Å². The number of rotatable bonds is 3. The normalized spacial score (nSPS) is 25.4. The zero-order valence-electron chi connectivity index (χ0n) is 7.72. The molecule has 1 rings (SSSR count). The average molecular weight is 158 g/mol. The van der Waals surface area contributed by atoms with E-state index in [0.29, 0.717) is 5.92 Å². The van der Waals surface area contributed by atoms with Crippen molar-refractivity contribution in [3.8, 4) is 0 Å². The molecular formula is C9H18O2. The Hall–Kier alpha value is -0.0800. The van der Waals surface area contributed by atoms with E-state index in [4.69, 9.17) is 9.47 Å². The lowest BCUT2D eigenvalue weighted by molar-refractivity contribution is -0.193. The summed E-state index contributed by atoms with van der Waals surface area (Å²) in [5.41, 5.74) is 0. The molecule has 66 valence electrons. The SMILES string of the molecule is CCC(C)C1(CC)OCCO1. The Bertz CT molecular complexity index is 117. The summed E-state index contributed by atoms with van der Waals surface area (Å²) in [4.78, 5) is 0. The molecule has 2 heteroatoms. The lowest BCUT2D eigenvalue weighted by Crippen LogP contribution is -2.36. The van der Waals surface area contributed by atoms with Gasteiger partial charge in [-0.3, -0.25) is 0 Å². The fourth-order valence-corrected chi connectivity index (χ4v) is 1.62. The third kappa shape index (κ3) is 1.57. The van der Waals surface area contributed by atoms with Gasteiger partial charge in [0.25, 0.3) is 0 Å². The molecule has 1 unspecified atom stereocenters. The van der Waals surface area contributed by atoms with Gasteiger partial charge in [-0.2, -0.15) is 0 Å². The lowest BCUT2D eigenvalue weighted by Gasteiger charge is -2.31. The highest BCUT2D eigenvalue weighted by molar-refractivity contribution is 4.77. The third-order valence-electron chi connectivity index (χ3n) is 2.63. The van der Waals surface area contributed by atoms with Crippen molar-refractivity contribution in [1.29, 1.82) is 0 Å². The zero-order valence-corrected chi connectivity index (χ0v) is 7.72. The van der Waals surface area contributed by atoms with Gasteiger partial charge >= 0.3 is 0 Å². The van der Waals surface area contributed by atoms with E-state index in [0.717, 1.165) is 26.1 Å². The maximum Gasteiger partial charge on any atom is 0.170 e. The molecule has 0 N–H and O–H groups in total. The topological polar surface area (TPSA) is 18.5 Å². The maximum absolute atomic E-state index is 5.62. The molecule has 0 saturated carbocycles. The summed E-state index contributed by atoms with van der Waals surface area (Å²) >= 11 is 0. The first-order chi connectivity index (χ1) is 5.25. The van der Waals surface area contributed by atoms with Gasteiger partial charge in [0.15, 0.2) is 5.79 Å². The molecule has 1 heterocycles. The summed E-state index contributed by atoms with van der Waals surface area (Å²) < 4.78 is 11.2. The van der Waals surface area contributed by atoms with Crippen molar-refractivity contribution in [3.05, 3.63) is 0 Å². The van der Waals surface area contributed by atoms with Crippen LogP contribution in [-0.4, -0.2) is 19.0 Å². The first-order valence-electron chi connectivity index (χ1n) is 4.53. The van der Waals surface area contributed by atoms with Gasteiger partial charge in [-0.25, -0.2) is 0 Å². The Labute approximate surface area is 68.9 Å². The van der Waals surface area contributed by atoms with Gasteiger partial charge in [-0.05, 0) is 12.8 Å². The Morgan fingerprint density at radius 3 is 2.18 bits per heavy atom. The molecule has 0 aromatic carbocycles. The van der Waals surface area contributed by atoms with E-state index >= 15 is 0 Å². The monoisotopic (exact) mass is 158 g/mol. The summed E-state index contributed by atoms with van der Waals surface area (Å²) in [6.45, 7) is 8.01. The average Bonchev–Trinajstić information content (AvgIpc) is 2.52. The van der Waals surface area contributed by atoms with Crippen LogP contribution >= 0.6 is 0 Å². The minimum Gasteiger partial charge on any atom is -0.347 e. The van der Waals surface area contributed by atoms with Crippen LogP contribution < -0.4 is 0 Å². The van der Waals surface area contributed by atoms with Gasteiger partial charge in [-0.15, -0.1) is 0 Å². The van der Waals surface area contributed by atoms with Crippen LogP contribution in [0.3, 0.4) is 0 Å². The minimum absolute atomic E-state index is 0.255. The van der Waals surface area contributed by atoms with Crippen molar-refractivity contribution in [2.45, 2.75) is 39.4 Å². The van der Waals surface area contributed by atoms with Gasteiger partial charge < -0.3 is 9.47 Å². The summed E-state index contributed by atoms with van der Waals surface area (Å²) in [7, 11) is 0. The van der Waals surface area contributed by atoms with Gasteiger partial charge in [-0.1, -0.05) is 20.8 Å². The van der Waals surface area contributed by atoms with Crippen LogP contribution in [0.15, 0.2) is 0 Å². The van der Waals surface area contributed by atoms with E-state index in [1.807, 2.05) is 0 Å². The maximum atomic E-state index is 5.62. The lowest BCUT2D eigenvalue weighted by atomic mass is 9.96. The smallest absolute Gasteiger partial charge is 0.170 e. The van der Waals surface area contributed by atoms with E-state index < -0.39 is 0 Å². The van der Waals surface area contributed by atoms with Crippen LogP contribution in [0.1, 0.15) is 33.6 Å². The van der Waals surface area contributed by atoms with Crippen LogP contribution in [0.4, 0.5) is 0 Å². The first kappa shape index (κ1) is 9.01. The van der Waals surface area contributed by atoms with E-state index in [1.54, 1.807) is 0 Å². The molecule has 0 radical (unpaired) electrons. The number of ether oxygens (including phenoxy) is 2. The second-order valence-corrected chi connectivity index (χ2v) is 3.17. The molecule has 0 amide bonds. The third-order valence-corrected chi connectivity index (χ3v) is 2.63. The molecule has 1 fully saturated rings. The van der Waals surface area contributed by atoms with Crippen molar-refractivity contribution in [2.24, 2.45) is 5.92 Å². The highest BCUT2D eigenvalue weighted by atomic mass is 16.7. The Morgan fingerprint density at radius 2 is 1.82 bits per heavy atom. The molecule has 2 nitrogen and oxygen atoms in total. The van der Waals surface area contributed by atoms with Crippen LogP contribution in [0.25, 0.3) is 0 Å². The Kier molecular flexibility index (Phi) is 2.90. The molecule has 1 saturated heterocycles. The molecule has 1 atom stereocenters. The molecule has 0 aromatic heterocycles. The second kappa shape index (κ2) is 3.55. The summed E-state index contributed by atoms with van der Waals surface area (Å²) in [6, 6.07) is 0. The Morgan fingerprint density at radius 1 is 1.27 bits per heavy atom. The summed E-state index contributed by atoms with van der Waals surface area (Å²) in [6.07, 6.45) is 2.08. The molecule has 0 bridgehead atoms. The van der Waals surface area contributed by atoms with E-state index in [-0.39, 0.29) is 5.79 Å². The molecule has 1 aliphatic heterocycles. The highest BCUT2D eigenvalue weighted by Gasteiger charge is 2.39. The predicted octanol–water partition coefficient (Wildman–Crippen LogP) is 2.19. The van der Waals surface area contributed by atoms with E-state index in [9.17, 15) is 0 Å². The standard InChI is InChI=1S/C9H18O2/c1-4-8(3)9(5-2)10-6-7-11-9/h8H,4-7H2,1-3H3. The van der Waals surface area contributed by atoms with Crippen molar-refractivity contribution in [3.63, 3.8) is 0 Å². The van der Waals surface area contributed by atoms with Crippen LogP contribution in [-0.2, 0) is 9.47 Å².